The Labute approximate surface area is 182 Å². The SMILES string of the molecule is CN(C)C(=O)c1ccc(NC(=O)CN2C(=O)NC(C)(c3ccc(Br)cc3)C2=O)cc1. The van der Waals surface area contributed by atoms with Gasteiger partial charge in [0.15, 0.2) is 0 Å². The van der Waals surface area contributed by atoms with Crippen LogP contribution >= 0.6 is 15.9 Å². The largest absolute Gasteiger partial charge is 0.345 e. The molecule has 2 aromatic rings. The molecule has 1 unspecified atom stereocenters. The van der Waals surface area contributed by atoms with Crippen LogP contribution in [-0.4, -0.2) is 54.2 Å². The molecule has 1 heterocycles. The number of rotatable bonds is 5. The summed E-state index contributed by atoms with van der Waals surface area (Å²) in [5.41, 5.74) is 0.315. The summed E-state index contributed by atoms with van der Waals surface area (Å²) in [7, 11) is 3.30. The molecular weight excluding hydrogens is 452 g/mol. The molecule has 0 saturated carbocycles. The van der Waals surface area contributed by atoms with Crippen LogP contribution in [-0.2, 0) is 15.1 Å². The number of nitrogens with zero attached hydrogens (tertiary/aromatic N) is 2. The predicted molar refractivity (Wildman–Crippen MR) is 115 cm³/mol. The lowest BCUT2D eigenvalue weighted by molar-refractivity contribution is -0.133. The number of imide groups is 1. The van der Waals surface area contributed by atoms with E-state index < -0.39 is 29.9 Å². The Bertz CT molecular complexity index is 1000. The molecule has 0 aromatic heterocycles. The maximum Gasteiger partial charge on any atom is 0.325 e. The number of amides is 5. The van der Waals surface area contributed by atoms with Crippen LogP contribution in [0.3, 0.4) is 0 Å². The minimum atomic E-state index is -1.24. The first kappa shape index (κ1) is 21.5. The van der Waals surface area contributed by atoms with E-state index in [0.717, 1.165) is 9.37 Å². The fourth-order valence-electron chi connectivity index (χ4n) is 3.12. The molecule has 1 atom stereocenters. The highest BCUT2D eigenvalue weighted by Crippen LogP contribution is 2.29. The summed E-state index contributed by atoms with van der Waals surface area (Å²) in [6.45, 7) is 1.18. The van der Waals surface area contributed by atoms with E-state index in [2.05, 4.69) is 26.6 Å². The molecule has 1 aliphatic heterocycles. The summed E-state index contributed by atoms with van der Waals surface area (Å²) < 4.78 is 0.848. The van der Waals surface area contributed by atoms with Gasteiger partial charge in [0.25, 0.3) is 11.8 Å². The topological polar surface area (TPSA) is 98.8 Å². The lowest BCUT2D eigenvalue weighted by Gasteiger charge is -2.22. The fraction of sp³-hybridized carbons (Fsp3) is 0.238. The second-order valence-electron chi connectivity index (χ2n) is 7.28. The van der Waals surface area contributed by atoms with Gasteiger partial charge in [0.1, 0.15) is 12.1 Å². The fourth-order valence-corrected chi connectivity index (χ4v) is 3.38. The van der Waals surface area contributed by atoms with E-state index in [1.165, 1.54) is 4.90 Å². The summed E-state index contributed by atoms with van der Waals surface area (Å²) >= 11 is 3.34. The van der Waals surface area contributed by atoms with Crippen LogP contribution < -0.4 is 10.6 Å². The molecule has 0 radical (unpaired) electrons. The zero-order chi connectivity index (χ0) is 22.1. The average molecular weight is 473 g/mol. The van der Waals surface area contributed by atoms with Crippen molar-refractivity contribution in [3.05, 3.63) is 64.1 Å². The maximum absolute atomic E-state index is 12.9. The molecule has 8 nitrogen and oxygen atoms in total. The van der Waals surface area contributed by atoms with Crippen molar-refractivity contribution in [1.82, 2.24) is 15.1 Å². The lowest BCUT2D eigenvalue weighted by atomic mass is 9.92. The quantitative estimate of drug-likeness (QED) is 0.653. The molecule has 3 rings (SSSR count). The normalized spacial score (nSPS) is 18.2. The zero-order valence-corrected chi connectivity index (χ0v) is 18.3. The van der Waals surface area contributed by atoms with E-state index in [9.17, 15) is 19.2 Å². The molecule has 0 aliphatic carbocycles. The number of carbonyl (C=O) groups excluding carboxylic acids is 4. The standard InChI is InChI=1S/C21H21BrN4O4/c1-21(14-6-8-15(22)9-7-14)19(29)26(20(30)24-21)12-17(27)23-16-10-4-13(5-11-16)18(28)25(2)3/h4-11H,12H2,1-3H3,(H,23,27)(H,24,30). The molecule has 2 aromatic carbocycles. The molecule has 0 spiro atoms. The first-order valence-electron chi connectivity index (χ1n) is 9.13. The van der Waals surface area contributed by atoms with Crippen LogP contribution in [0.15, 0.2) is 53.0 Å². The smallest absolute Gasteiger partial charge is 0.325 e. The van der Waals surface area contributed by atoms with Gasteiger partial charge < -0.3 is 15.5 Å². The van der Waals surface area contributed by atoms with Gasteiger partial charge >= 0.3 is 6.03 Å². The highest BCUT2D eigenvalue weighted by atomic mass is 79.9. The van der Waals surface area contributed by atoms with Gasteiger partial charge in [-0.3, -0.25) is 19.3 Å². The third kappa shape index (κ3) is 4.20. The van der Waals surface area contributed by atoms with Crippen LogP contribution in [0.25, 0.3) is 0 Å². The van der Waals surface area contributed by atoms with E-state index in [1.54, 1.807) is 69.6 Å². The van der Waals surface area contributed by atoms with Crippen LogP contribution in [0.1, 0.15) is 22.8 Å². The van der Waals surface area contributed by atoms with Crippen molar-refractivity contribution in [2.75, 3.05) is 26.0 Å². The van der Waals surface area contributed by atoms with Crippen LogP contribution in [0.4, 0.5) is 10.5 Å². The number of benzene rings is 2. The van der Waals surface area contributed by atoms with Gasteiger partial charge in [-0.25, -0.2) is 4.79 Å². The molecule has 9 heteroatoms. The molecule has 5 amide bonds. The van der Waals surface area contributed by atoms with Crippen molar-refractivity contribution in [3.8, 4) is 0 Å². The van der Waals surface area contributed by atoms with Crippen molar-refractivity contribution in [2.45, 2.75) is 12.5 Å². The molecule has 30 heavy (non-hydrogen) atoms. The highest BCUT2D eigenvalue weighted by molar-refractivity contribution is 9.10. The molecule has 1 fully saturated rings. The third-order valence-corrected chi connectivity index (χ3v) is 5.35. The highest BCUT2D eigenvalue weighted by Gasteiger charge is 2.49. The zero-order valence-electron chi connectivity index (χ0n) is 16.7. The van der Waals surface area contributed by atoms with Gasteiger partial charge in [-0.1, -0.05) is 28.1 Å². The Morgan fingerprint density at radius 2 is 1.67 bits per heavy atom. The second kappa shape index (κ2) is 8.27. The molecule has 0 bridgehead atoms. The van der Waals surface area contributed by atoms with E-state index in [4.69, 9.17) is 0 Å². The van der Waals surface area contributed by atoms with Crippen molar-refractivity contribution in [2.24, 2.45) is 0 Å². The summed E-state index contributed by atoms with van der Waals surface area (Å²) in [4.78, 5) is 52.0. The minimum Gasteiger partial charge on any atom is -0.345 e. The summed E-state index contributed by atoms with van der Waals surface area (Å²) in [5.74, 6) is -1.18. The monoisotopic (exact) mass is 472 g/mol. The van der Waals surface area contributed by atoms with Gasteiger partial charge in [0.2, 0.25) is 5.91 Å². The number of halogens is 1. The van der Waals surface area contributed by atoms with Crippen molar-refractivity contribution in [1.29, 1.82) is 0 Å². The molecule has 2 N–H and O–H groups in total. The van der Waals surface area contributed by atoms with Crippen molar-refractivity contribution in [3.63, 3.8) is 0 Å². The van der Waals surface area contributed by atoms with Crippen molar-refractivity contribution < 1.29 is 19.2 Å². The van der Waals surface area contributed by atoms with Crippen molar-refractivity contribution >= 4 is 45.4 Å². The van der Waals surface area contributed by atoms with E-state index in [-0.39, 0.29) is 5.91 Å². The predicted octanol–water partition coefficient (Wildman–Crippen LogP) is 2.56. The van der Waals surface area contributed by atoms with E-state index >= 15 is 0 Å². The molecule has 1 aliphatic rings. The lowest BCUT2D eigenvalue weighted by Crippen LogP contribution is -2.42. The third-order valence-electron chi connectivity index (χ3n) is 4.82. The van der Waals surface area contributed by atoms with Gasteiger partial charge in [-0.05, 0) is 48.9 Å². The van der Waals surface area contributed by atoms with Gasteiger partial charge in [0.05, 0.1) is 0 Å². The summed E-state index contributed by atoms with van der Waals surface area (Å²) in [6, 6.07) is 12.8. The van der Waals surface area contributed by atoms with Crippen LogP contribution in [0.2, 0.25) is 0 Å². The number of anilines is 1. The van der Waals surface area contributed by atoms with Gasteiger partial charge in [-0.15, -0.1) is 0 Å². The Morgan fingerprint density at radius 1 is 1.07 bits per heavy atom. The van der Waals surface area contributed by atoms with Gasteiger partial charge in [-0.2, -0.15) is 0 Å². The minimum absolute atomic E-state index is 0.153. The average Bonchev–Trinajstić information content (AvgIpc) is 2.92. The summed E-state index contributed by atoms with van der Waals surface area (Å²) in [5, 5.41) is 5.30. The van der Waals surface area contributed by atoms with E-state index in [0.29, 0.717) is 16.8 Å². The Balaban J connectivity index is 1.68. The van der Waals surface area contributed by atoms with Crippen LogP contribution in [0, 0.1) is 0 Å². The molecular formula is C21H21BrN4O4. The first-order chi connectivity index (χ1) is 14.1. The Morgan fingerprint density at radius 3 is 2.23 bits per heavy atom. The van der Waals surface area contributed by atoms with Crippen LogP contribution in [0.5, 0.6) is 0 Å². The number of nitrogens with one attached hydrogen (secondary N) is 2. The summed E-state index contributed by atoms with van der Waals surface area (Å²) in [6.07, 6.45) is 0. The number of carbonyl (C=O) groups is 4. The van der Waals surface area contributed by atoms with E-state index in [1.807, 2.05) is 0 Å². The Kier molecular flexibility index (Phi) is 5.93. The number of hydrogen-bond donors (Lipinski definition) is 2. The maximum atomic E-state index is 12.9. The van der Waals surface area contributed by atoms with Gasteiger partial charge in [0, 0.05) is 29.8 Å². The number of hydrogen-bond acceptors (Lipinski definition) is 4. The second-order valence-corrected chi connectivity index (χ2v) is 8.19. The molecule has 156 valence electrons. The molecule has 1 saturated heterocycles. The number of urea groups is 1. The first-order valence-corrected chi connectivity index (χ1v) is 9.93. The Hall–Kier alpha value is -3.20.